The molecule has 1 aromatic carbocycles. The van der Waals surface area contributed by atoms with E-state index in [1.807, 2.05) is 0 Å². The van der Waals surface area contributed by atoms with E-state index in [0.29, 0.717) is 21.3 Å². The lowest BCUT2D eigenvalue weighted by Crippen LogP contribution is -2.28. The summed E-state index contributed by atoms with van der Waals surface area (Å²) in [6.45, 7) is 1.47. The highest BCUT2D eigenvalue weighted by molar-refractivity contribution is 6.35. The summed E-state index contributed by atoms with van der Waals surface area (Å²) >= 11 is 11.8. The van der Waals surface area contributed by atoms with Crippen LogP contribution in [0, 0.1) is 0 Å². The largest absolute Gasteiger partial charge is 0.337 e. The van der Waals surface area contributed by atoms with Crippen LogP contribution in [0.15, 0.2) is 36.5 Å². The van der Waals surface area contributed by atoms with E-state index in [1.54, 1.807) is 29.2 Å². The Morgan fingerprint density at radius 1 is 1.04 bits per heavy atom. The van der Waals surface area contributed by atoms with Crippen LogP contribution in [0.1, 0.15) is 33.7 Å². The monoisotopic (exact) mass is 363 g/mol. The van der Waals surface area contributed by atoms with E-state index in [4.69, 9.17) is 23.2 Å². The van der Waals surface area contributed by atoms with Gasteiger partial charge in [0.15, 0.2) is 0 Å². The van der Waals surface area contributed by atoms with Crippen molar-refractivity contribution < 1.29 is 9.59 Å². The lowest BCUT2D eigenvalue weighted by Gasteiger charge is -2.14. The number of rotatable bonds is 3. The van der Waals surface area contributed by atoms with Gasteiger partial charge in [-0.3, -0.25) is 14.6 Å². The number of pyridine rings is 1. The summed E-state index contributed by atoms with van der Waals surface area (Å²) in [4.78, 5) is 30.6. The standard InChI is InChI=1S/C17H15Cl2N3O2/c18-12-8-13(19)10-14(9-12)21-16(23)11-3-4-20-15(7-11)17(24)22-5-1-2-6-22/h3-4,7-10H,1-2,5-6H2,(H,21,23). The molecule has 1 aliphatic heterocycles. The number of amides is 2. The SMILES string of the molecule is O=C(Nc1cc(Cl)cc(Cl)c1)c1ccnc(C(=O)N2CCCC2)c1. The molecule has 3 rings (SSSR count). The predicted octanol–water partition coefficient (Wildman–Crippen LogP) is 3.88. The number of likely N-dealkylation sites (tertiary alicyclic amines) is 1. The van der Waals surface area contributed by atoms with Gasteiger partial charge in [-0.1, -0.05) is 23.2 Å². The van der Waals surface area contributed by atoms with E-state index in [-0.39, 0.29) is 17.5 Å². The highest BCUT2D eigenvalue weighted by Crippen LogP contribution is 2.23. The lowest BCUT2D eigenvalue weighted by atomic mass is 10.2. The maximum atomic E-state index is 12.4. The van der Waals surface area contributed by atoms with Crippen LogP contribution in [0.25, 0.3) is 0 Å². The molecule has 2 aromatic rings. The molecule has 1 saturated heterocycles. The third-order valence-electron chi connectivity index (χ3n) is 3.75. The van der Waals surface area contributed by atoms with Crippen LogP contribution in [0.4, 0.5) is 5.69 Å². The molecule has 24 heavy (non-hydrogen) atoms. The van der Waals surface area contributed by atoms with Crippen LogP contribution in [-0.2, 0) is 0 Å². The first-order chi connectivity index (χ1) is 11.5. The summed E-state index contributed by atoms with van der Waals surface area (Å²) in [7, 11) is 0. The van der Waals surface area contributed by atoms with Crippen molar-refractivity contribution in [1.29, 1.82) is 0 Å². The Labute approximate surface area is 149 Å². The van der Waals surface area contributed by atoms with Gasteiger partial charge in [-0.05, 0) is 43.2 Å². The fourth-order valence-corrected chi connectivity index (χ4v) is 3.13. The molecule has 0 radical (unpaired) electrons. The van der Waals surface area contributed by atoms with E-state index < -0.39 is 0 Å². The normalized spacial score (nSPS) is 13.8. The molecule has 0 unspecified atom stereocenters. The van der Waals surface area contributed by atoms with Crippen molar-refractivity contribution in [3.63, 3.8) is 0 Å². The first-order valence-electron chi connectivity index (χ1n) is 7.56. The number of nitrogens with one attached hydrogen (secondary N) is 1. The van der Waals surface area contributed by atoms with Crippen molar-refractivity contribution in [1.82, 2.24) is 9.88 Å². The van der Waals surface area contributed by atoms with Crippen LogP contribution in [-0.4, -0.2) is 34.8 Å². The number of carbonyl (C=O) groups excluding carboxylic acids is 2. The number of halogens is 2. The molecule has 1 fully saturated rings. The van der Waals surface area contributed by atoms with Gasteiger partial charge in [0.1, 0.15) is 5.69 Å². The molecule has 2 heterocycles. The molecule has 0 spiro atoms. The maximum absolute atomic E-state index is 12.4. The smallest absolute Gasteiger partial charge is 0.272 e. The maximum Gasteiger partial charge on any atom is 0.272 e. The van der Waals surface area contributed by atoms with Crippen molar-refractivity contribution in [3.05, 3.63) is 57.8 Å². The summed E-state index contributed by atoms with van der Waals surface area (Å²) in [6, 6.07) is 7.84. The minimum absolute atomic E-state index is 0.145. The average molecular weight is 364 g/mol. The van der Waals surface area contributed by atoms with Gasteiger partial charge in [-0.2, -0.15) is 0 Å². The van der Waals surface area contributed by atoms with Gasteiger partial charge in [0, 0.05) is 40.6 Å². The Balaban J connectivity index is 1.77. The van der Waals surface area contributed by atoms with Gasteiger partial charge < -0.3 is 10.2 Å². The molecule has 0 atom stereocenters. The molecule has 0 saturated carbocycles. The summed E-state index contributed by atoms with van der Waals surface area (Å²) in [5.74, 6) is -0.501. The van der Waals surface area contributed by atoms with Crippen molar-refractivity contribution >= 4 is 40.7 Å². The summed E-state index contributed by atoms with van der Waals surface area (Å²) < 4.78 is 0. The molecular formula is C17H15Cl2N3O2. The second kappa shape index (κ2) is 7.20. The van der Waals surface area contributed by atoms with Crippen molar-refractivity contribution in [2.24, 2.45) is 0 Å². The zero-order valence-electron chi connectivity index (χ0n) is 12.8. The minimum atomic E-state index is -0.355. The van der Waals surface area contributed by atoms with Crippen molar-refractivity contribution in [2.45, 2.75) is 12.8 Å². The fourth-order valence-electron chi connectivity index (χ4n) is 2.60. The first kappa shape index (κ1) is 16.7. The molecule has 5 nitrogen and oxygen atoms in total. The van der Waals surface area contributed by atoms with Gasteiger partial charge in [0.2, 0.25) is 0 Å². The average Bonchev–Trinajstić information content (AvgIpc) is 3.07. The third kappa shape index (κ3) is 3.86. The molecule has 2 amide bonds. The molecule has 7 heteroatoms. The number of anilines is 1. The summed E-state index contributed by atoms with van der Waals surface area (Å²) in [5.41, 5.74) is 1.11. The predicted molar refractivity (Wildman–Crippen MR) is 93.8 cm³/mol. The number of hydrogen-bond donors (Lipinski definition) is 1. The van der Waals surface area contributed by atoms with Gasteiger partial charge in [-0.25, -0.2) is 0 Å². The topological polar surface area (TPSA) is 62.3 Å². The van der Waals surface area contributed by atoms with Crippen LogP contribution >= 0.6 is 23.2 Å². The number of aromatic nitrogens is 1. The Bertz CT molecular complexity index is 769. The molecule has 1 aromatic heterocycles. The van der Waals surface area contributed by atoms with Crippen molar-refractivity contribution in [2.75, 3.05) is 18.4 Å². The third-order valence-corrected chi connectivity index (χ3v) is 4.19. The van der Waals surface area contributed by atoms with E-state index in [0.717, 1.165) is 25.9 Å². The van der Waals surface area contributed by atoms with Crippen LogP contribution in [0.2, 0.25) is 10.0 Å². The van der Waals surface area contributed by atoms with Gasteiger partial charge >= 0.3 is 0 Å². The zero-order chi connectivity index (χ0) is 17.1. The van der Waals surface area contributed by atoms with Gasteiger partial charge in [-0.15, -0.1) is 0 Å². The first-order valence-corrected chi connectivity index (χ1v) is 8.31. The van der Waals surface area contributed by atoms with E-state index in [2.05, 4.69) is 10.3 Å². The molecule has 0 aliphatic carbocycles. The van der Waals surface area contributed by atoms with E-state index in [1.165, 1.54) is 12.3 Å². The van der Waals surface area contributed by atoms with Gasteiger partial charge in [0.25, 0.3) is 11.8 Å². The van der Waals surface area contributed by atoms with E-state index >= 15 is 0 Å². The van der Waals surface area contributed by atoms with Crippen LogP contribution < -0.4 is 5.32 Å². The Kier molecular flexibility index (Phi) is 5.02. The zero-order valence-corrected chi connectivity index (χ0v) is 14.3. The molecule has 1 N–H and O–H groups in total. The number of carbonyl (C=O) groups is 2. The van der Waals surface area contributed by atoms with Crippen molar-refractivity contribution in [3.8, 4) is 0 Å². The van der Waals surface area contributed by atoms with Gasteiger partial charge in [0.05, 0.1) is 0 Å². The minimum Gasteiger partial charge on any atom is -0.337 e. The fraction of sp³-hybridized carbons (Fsp3) is 0.235. The highest BCUT2D eigenvalue weighted by Gasteiger charge is 2.21. The molecule has 0 bridgehead atoms. The summed E-state index contributed by atoms with van der Waals surface area (Å²) in [5, 5.41) is 3.57. The van der Waals surface area contributed by atoms with E-state index in [9.17, 15) is 9.59 Å². The quantitative estimate of drug-likeness (QED) is 0.899. The van der Waals surface area contributed by atoms with Crippen LogP contribution in [0.3, 0.4) is 0 Å². The van der Waals surface area contributed by atoms with Crippen LogP contribution in [0.5, 0.6) is 0 Å². The highest BCUT2D eigenvalue weighted by atomic mass is 35.5. The number of benzene rings is 1. The number of hydrogen-bond acceptors (Lipinski definition) is 3. The Morgan fingerprint density at radius 2 is 1.71 bits per heavy atom. The lowest BCUT2D eigenvalue weighted by molar-refractivity contribution is 0.0787. The summed E-state index contributed by atoms with van der Waals surface area (Å²) in [6.07, 6.45) is 3.46. The Hall–Kier alpha value is -2.11. The Morgan fingerprint density at radius 3 is 2.38 bits per heavy atom. The number of nitrogens with zero attached hydrogens (tertiary/aromatic N) is 2. The molecule has 1 aliphatic rings. The molecule has 124 valence electrons. The second-order valence-corrected chi connectivity index (χ2v) is 6.41. The molecular weight excluding hydrogens is 349 g/mol. The second-order valence-electron chi connectivity index (χ2n) is 5.54.